The Morgan fingerprint density at radius 1 is 1.24 bits per heavy atom. The summed E-state index contributed by atoms with van der Waals surface area (Å²) < 4.78 is 2.13. The molecule has 2 aliphatic rings. The second-order valence-electron chi connectivity index (χ2n) is 6.35. The fourth-order valence-corrected chi connectivity index (χ4v) is 2.97. The Balaban J connectivity index is 1.35. The van der Waals surface area contributed by atoms with Gasteiger partial charge in [-0.1, -0.05) is 19.3 Å². The third-order valence-electron chi connectivity index (χ3n) is 4.39. The molecule has 2 fully saturated rings. The Morgan fingerprint density at radius 2 is 2.05 bits per heavy atom. The average molecular weight is 290 g/mol. The third-order valence-corrected chi connectivity index (χ3v) is 4.39. The molecule has 3 rings (SSSR count). The fraction of sp³-hybridized carbons (Fsp3) is 0.750. The fourth-order valence-electron chi connectivity index (χ4n) is 2.97. The van der Waals surface area contributed by atoms with Crippen molar-refractivity contribution in [2.45, 2.75) is 70.0 Å². The van der Waals surface area contributed by atoms with Crippen LogP contribution in [0.1, 0.15) is 63.1 Å². The van der Waals surface area contributed by atoms with Crippen molar-refractivity contribution in [3.63, 3.8) is 0 Å². The molecule has 116 valence electrons. The van der Waals surface area contributed by atoms with Crippen LogP contribution in [0.25, 0.3) is 0 Å². The maximum absolute atomic E-state index is 11.5. The normalized spacial score (nSPS) is 19.6. The van der Waals surface area contributed by atoms with Crippen LogP contribution in [0, 0.1) is 0 Å². The van der Waals surface area contributed by atoms with Crippen LogP contribution >= 0.6 is 0 Å². The zero-order chi connectivity index (χ0) is 14.5. The number of carbonyl (C=O) groups excluding carboxylic acids is 1. The van der Waals surface area contributed by atoms with Gasteiger partial charge in [0.25, 0.3) is 0 Å². The first-order valence-corrected chi connectivity index (χ1v) is 8.35. The van der Waals surface area contributed by atoms with E-state index < -0.39 is 0 Å². The van der Waals surface area contributed by atoms with Gasteiger partial charge in [0.15, 0.2) is 0 Å². The summed E-state index contributed by atoms with van der Waals surface area (Å²) in [6, 6.07) is 3.15. The van der Waals surface area contributed by atoms with Gasteiger partial charge in [0.1, 0.15) is 0 Å². The van der Waals surface area contributed by atoms with E-state index in [4.69, 9.17) is 0 Å². The largest absolute Gasteiger partial charge is 0.353 e. The Kier molecular flexibility index (Phi) is 4.91. The topological polar surface area (TPSA) is 59.0 Å². The van der Waals surface area contributed by atoms with E-state index in [-0.39, 0.29) is 5.91 Å². The summed E-state index contributed by atoms with van der Waals surface area (Å²) in [5, 5.41) is 11.0. The lowest BCUT2D eigenvalue weighted by molar-refractivity contribution is -0.121. The SMILES string of the molecule is O=C(CCNCc1ccn(C2CCCCC2)n1)NC1CC1. The highest BCUT2D eigenvalue weighted by atomic mass is 16.1. The van der Waals surface area contributed by atoms with E-state index in [9.17, 15) is 4.79 Å². The molecule has 0 aromatic carbocycles. The van der Waals surface area contributed by atoms with Crippen LogP contribution in [0.2, 0.25) is 0 Å². The van der Waals surface area contributed by atoms with Crippen molar-refractivity contribution in [3.05, 3.63) is 18.0 Å². The highest BCUT2D eigenvalue weighted by Crippen LogP contribution is 2.27. The second kappa shape index (κ2) is 7.07. The van der Waals surface area contributed by atoms with Crippen molar-refractivity contribution in [3.8, 4) is 0 Å². The molecule has 0 unspecified atom stereocenters. The maximum atomic E-state index is 11.5. The van der Waals surface area contributed by atoms with E-state index in [0.29, 0.717) is 18.5 Å². The van der Waals surface area contributed by atoms with Gasteiger partial charge in [-0.25, -0.2) is 0 Å². The van der Waals surface area contributed by atoms with Crippen LogP contribution in [-0.2, 0) is 11.3 Å². The molecular formula is C16H26N4O. The minimum Gasteiger partial charge on any atom is -0.353 e. The third kappa shape index (κ3) is 4.56. The first-order valence-electron chi connectivity index (χ1n) is 8.35. The summed E-state index contributed by atoms with van der Waals surface area (Å²) in [4.78, 5) is 11.5. The molecule has 2 saturated carbocycles. The Labute approximate surface area is 126 Å². The molecule has 0 saturated heterocycles. The first-order chi connectivity index (χ1) is 10.3. The molecule has 5 nitrogen and oxygen atoms in total. The lowest BCUT2D eigenvalue weighted by Crippen LogP contribution is -2.29. The van der Waals surface area contributed by atoms with Crippen LogP contribution < -0.4 is 10.6 Å². The van der Waals surface area contributed by atoms with E-state index in [2.05, 4.69) is 32.7 Å². The molecule has 1 aromatic rings. The number of nitrogens with zero attached hydrogens (tertiary/aromatic N) is 2. The molecule has 1 heterocycles. The van der Waals surface area contributed by atoms with Gasteiger partial charge >= 0.3 is 0 Å². The lowest BCUT2D eigenvalue weighted by atomic mass is 9.96. The van der Waals surface area contributed by atoms with Gasteiger partial charge in [0, 0.05) is 31.7 Å². The van der Waals surface area contributed by atoms with E-state index in [1.165, 1.54) is 32.1 Å². The molecule has 1 amide bonds. The van der Waals surface area contributed by atoms with E-state index in [1.54, 1.807) is 0 Å². The van der Waals surface area contributed by atoms with Crippen LogP contribution in [-0.4, -0.2) is 28.3 Å². The summed E-state index contributed by atoms with van der Waals surface area (Å²) in [6.07, 6.45) is 11.5. The molecule has 2 aliphatic carbocycles. The van der Waals surface area contributed by atoms with Gasteiger partial charge in [-0.15, -0.1) is 0 Å². The Bertz CT molecular complexity index is 461. The summed E-state index contributed by atoms with van der Waals surface area (Å²) in [5.74, 6) is 0.165. The molecule has 1 aromatic heterocycles. The molecule has 0 bridgehead atoms. The smallest absolute Gasteiger partial charge is 0.221 e. The molecule has 5 heteroatoms. The summed E-state index contributed by atoms with van der Waals surface area (Å²) in [5.41, 5.74) is 1.07. The molecule has 0 aliphatic heterocycles. The predicted molar refractivity (Wildman–Crippen MR) is 81.8 cm³/mol. The highest BCUT2D eigenvalue weighted by molar-refractivity contribution is 5.76. The second-order valence-corrected chi connectivity index (χ2v) is 6.35. The quantitative estimate of drug-likeness (QED) is 0.756. The highest BCUT2D eigenvalue weighted by Gasteiger charge is 2.22. The van der Waals surface area contributed by atoms with Gasteiger partial charge in [-0.2, -0.15) is 5.10 Å². The summed E-state index contributed by atoms with van der Waals surface area (Å²) in [7, 11) is 0. The van der Waals surface area contributed by atoms with Gasteiger partial charge in [-0.3, -0.25) is 9.48 Å². The van der Waals surface area contributed by atoms with Crippen molar-refractivity contribution in [2.75, 3.05) is 6.54 Å². The average Bonchev–Trinajstić information content (AvgIpc) is 3.19. The van der Waals surface area contributed by atoms with Crippen LogP contribution in [0.5, 0.6) is 0 Å². The number of carbonyl (C=O) groups is 1. The summed E-state index contributed by atoms with van der Waals surface area (Å²) >= 11 is 0. The van der Waals surface area contributed by atoms with E-state index in [1.807, 2.05) is 0 Å². The van der Waals surface area contributed by atoms with Gasteiger partial charge in [0.2, 0.25) is 5.91 Å². The number of amides is 1. The van der Waals surface area contributed by atoms with Crippen LogP contribution in [0.3, 0.4) is 0 Å². The van der Waals surface area contributed by atoms with E-state index in [0.717, 1.165) is 31.6 Å². The van der Waals surface area contributed by atoms with Crippen LogP contribution in [0.15, 0.2) is 12.3 Å². The standard InChI is InChI=1S/C16H26N4O/c21-16(18-13-6-7-13)8-10-17-12-14-9-11-20(19-14)15-4-2-1-3-5-15/h9,11,13,15,17H,1-8,10,12H2,(H,18,21). The van der Waals surface area contributed by atoms with Crippen LogP contribution in [0.4, 0.5) is 0 Å². The lowest BCUT2D eigenvalue weighted by Gasteiger charge is -2.21. The molecule has 2 N–H and O–H groups in total. The van der Waals surface area contributed by atoms with Gasteiger partial charge in [0.05, 0.1) is 11.7 Å². The monoisotopic (exact) mass is 290 g/mol. The number of nitrogens with one attached hydrogen (secondary N) is 2. The first kappa shape index (κ1) is 14.6. The van der Waals surface area contributed by atoms with Gasteiger partial charge in [-0.05, 0) is 31.7 Å². The zero-order valence-electron chi connectivity index (χ0n) is 12.7. The minimum absolute atomic E-state index is 0.165. The Hall–Kier alpha value is -1.36. The molecule has 21 heavy (non-hydrogen) atoms. The number of rotatable bonds is 7. The van der Waals surface area contributed by atoms with Crippen molar-refractivity contribution in [1.82, 2.24) is 20.4 Å². The van der Waals surface area contributed by atoms with Gasteiger partial charge < -0.3 is 10.6 Å². The maximum Gasteiger partial charge on any atom is 0.221 e. The molecule has 0 radical (unpaired) electrons. The molecule has 0 atom stereocenters. The Morgan fingerprint density at radius 3 is 2.81 bits per heavy atom. The number of hydrogen-bond donors (Lipinski definition) is 2. The molecule has 0 spiro atoms. The summed E-state index contributed by atoms with van der Waals surface area (Å²) in [6.45, 7) is 1.46. The van der Waals surface area contributed by atoms with E-state index >= 15 is 0 Å². The minimum atomic E-state index is 0.165. The molecular weight excluding hydrogens is 264 g/mol. The van der Waals surface area contributed by atoms with Crippen molar-refractivity contribution < 1.29 is 4.79 Å². The van der Waals surface area contributed by atoms with Crippen molar-refractivity contribution >= 4 is 5.91 Å². The zero-order valence-corrected chi connectivity index (χ0v) is 12.7. The number of hydrogen-bond acceptors (Lipinski definition) is 3. The number of aromatic nitrogens is 2. The van der Waals surface area contributed by atoms with Crippen molar-refractivity contribution in [1.29, 1.82) is 0 Å². The van der Waals surface area contributed by atoms with Crippen molar-refractivity contribution in [2.24, 2.45) is 0 Å². The predicted octanol–water partition coefficient (Wildman–Crippen LogP) is 2.15.